The lowest BCUT2D eigenvalue weighted by molar-refractivity contribution is -0.0221. The molecule has 0 saturated carbocycles. The van der Waals surface area contributed by atoms with Crippen LogP contribution in [0.25, 0.3) is 0 Å². The second-order valence-corrected chi connectivity index (χ2v) is 1.45. The van der Waals surface area contributed by atoms with E-state index in [1.807, 2.05) is 6.92 Å². The molecule has 0 aromatic rings. The summed E-state index contributed by atoms with van der Waals surface area (Å²) < 4.78 is 11.9. The minimum absolute atomic E-state index is 0.250. The Labute approximate surface area is 33.3 Å². The number of hydrogen-bond acceptors (Lipinski definition) is 1. The molecule has 0 N–H and O–H groups in total. The third kappa shape index (κ3) is 0.428. The van der Waals surface area contributed by atoms with Crippen molar-refractivity contribution >= 4 is 0 Å². The molecule has 30 valence electrons. The van der Waals surface area contributed by atoms with Crippen LogP contribution in [0.3, 0.4) is 0 Å². The summed E-state index contributed by atoms with van der Waals surface area (Å²) in [5.41, 5.74) is 0. The van der Waals surface area contributed by atoms with Crippen molar-refractivity contribution < 1.29 is 6.11 Å². The van der Waals surface area contributed by atoms with Crippen LogP contribution in [0.1, 0.15) is 8.29 Å². The predicted molar refractivity (Wildman–Crippen MR) is 20.0 cm³/mol. The van der Waals surface area contributed by atoms with Crippen LogP contribution in [0.2, 0.25) is 0 Å². The third-order valence-corrected chi connectivity index (χ3v) is 0.697. The highest BCUT2D eigenvalue weighted by atomic mass is 16.5. The molecule has 5 heavy (non-hydrogen) atoms. The quantitative estimate of drug-likeness (QED) is 0.409. The van der Waals surface area contributed by atoms with E-state index < -0.39 is 0 Å². The molecular weight excluding hydrogens is 64.0 g/mol. The van der Waals surface area contributed by atoms with E-state index in [2.05, 4.69) is 0 Å². The van der Waals surface area contributed by atoms with E-state index in [4.69, 9.17) is 6.11 Å². The maximum absolute atomic E-state index is 7.14. The summed E-state index contributed by atoms with van der Waals surface area (Å²) in [5, 5.41) is 0. The number of hydrogen-bond donors (Lipinski definition) is 0. The van der Waals surface area contributed by atoms with Gasteiger partial charge >= 0.3 is 0 Å². The highest BCUT2D eigenvalue weighted by Gasteiger charge is 2.09. The van der Waals surface area contributed by atoms with E-state index in [-0.39, 0.29) is 5.89 Å². The average Bonchev–Trinajstić information content (AvgIpc) is 1.32. The fourth-order valence-corrected chi connectivity index (χ4v) is 0.306. The Hall–Kier alpha value is -0.0400. The lowest BCUT2D eigenvalue weighted by Gasteiger charge is -2.20. The van der Waals surface area contributed by atoms with Gasteiger partial charge in [0.15, 0.2) is 0 Å². The fourth-order valence-electron chi connectivity index (χ4n) is 0.306. The maximum Gasteiger partial charge on any atom is 0.0513 e. The first kappa shape index (κ1) is 2.19. The molecule has 0 atom stereocenters. The highest BCUT2D eigenvalue weighted by molar-refractivity contribution is 4.56. The normalized spacial score (nSPS) is 35.0. The van der Waals surface area contributed by atoms with Gasteiger partial charge in [0.25, 0.3) is 0 Å². The van der Waals surface area contributed by atoms with E-state index in [1.165, 1.54) is 0 Å². The van der Waals surface area contributed by atoms with Crippen LogP contribution in [0.5, 0.6) is 0 Å². The van der Waals surface area contributed by atoms with Crippen molar-refractivity contribution in [2.24, 2.45) is 5.89 Å². The van der Waals surface area contributed by atoms with Gasteiger partial charge in [-0.05, 0) is 0 Å². The van der Waals surface area contributed by atoms with E-state index in [1.54, 1.807) is 0 Å². The zero-order chi connectivity index (χ0) is 4.62. The third-order valence-electron chi connectivity index (χ3n) is 0.697. The van der Waals surface area contributed by atoms with Crippen LogP contribution in [0.4, 0.5) is 0 Å². The molecule has 0 bridgehead atoms. The summed E-state index contributed by atoms with van der Waals surface area (Å²) in [6.07, 6.45) is 0. The minimum Gasteiger partial charge on any atom is -0.381 e. The Balaban J connectivity index is 2.31. The van der Waals surface area contributed by atoms with E-state index >= 15 is 0 Å². The van der Waals surface area contributed by atoms with Crippen molar-refractivity contribution in [3.05, 3.63) is 0 Å². The minimum atomic E-state index is -0.250. The monoisotopic (exact) mass is 73.1 g/mol. The van der Waals surface area contributed by atoms with Gasteiger partial charge in [-0.15, -0.1) is 0 Å². The second-order valence-electron chi connectivity index (χ2n) is 1.45. The topological polar surface area (TPSA) is 9.23 Å². The highest BCUT2D eigenvalue weighted by Crippen LogP contribution is 2.05. The van der Waals surface area contributed by atoms with Crippen molar-refractivity contribution in [2.45, 2.75) is 6.92 Å². The van der Waals surface area contributed by atoms with Crippen LogP contribution in [-0.2, 0) is 4.74 Å². The average molecular weight is 73.1 g/mol. The molecule has 1 aliphatic heterocycles. The van der Waals surface area contributed by atoms with Gasteiger partial charge in [-0.2, -0.15) is 0 Å². The first-order valence-electron chi connectivity index (χ1n) is 2.28. The summed E-state index contributed by atoms with van der Waals surface area (Å²) in [5.74, 6) is -0.250. The lowest BCUT2D eigenvalue weighted by Crippen LogP contribution is -2.23. The zero-order valence-electron chi connectivity index (χ0n) is 4.32. The van der Waals surface area contributed by atoms with Crippen molar-refractivity contribution in [2.75, 3.05) is 13.2 Å². The van der Waals surface area contributed by atoms with Gasteiger partial charge in [-0.25, -0.2) is 0 Å². The first-order valence-corrected chi connectivity index (χ1v) is 1.78. The zero-order valence-corrected chi connectivity index (χ0v) is 3.32. The molecule has 1 nitrogen and oxygen atoms in total. The molecule has 1 heteroatoms. The van der Waals surface area contributed by atoms with Gasteiger partial charge in [0.05, 0.1) is 13.2 Å². The molecule has 1 aliphatic rings. The van der Waals surface area contributed by atoms with Gasteiger partial charge in [0.1, 0.15) is 0 Å². The molecular formula is C4H8O. The van der Waals surface area contributed by atoms with Crippen LogP contribution in [0.15, 0.2) is 0 Å². The Morgan fingerprint density at radius 3 is 2.40 bits per heavy atom. The number of ether oxygens (including phenoxy) is 1. The van der Waals surface area contributed by atoms with E-state index in [0.717, 1.165) is 0 Å². The smallest absolute Gasteiger partial charge is 0.0513 e. The van der Waals surface area contributed by atoms with E-state index in [9.17, 15) is 0 Å². The van der Waals surface area contributed by atoms with Gasteiger partial charge in [0.2, 0.25) is 0 Å². The molecule has 0 spiro atoms. The number of rotatable bonds is 0. The Morgan fingerprint density at radius 2 is 2.40 bits per heavy atom. The van der Waals surface area contributed by atoms with Crippen LogP contribution < -0.4 is 0 Å². The predicted octanol–water partition coefficient (Wildman–Crippen LogP) is 0.653. The summed E-state index contributed by atoms with van der Waals surface area (Å²) in [4.78, 5) is 0. The summed E-state index contributed by atoms with van der Waals surface area (Å²) in [6.45, 7) is 3.11. The van der Waals surface area contributed by atoms with Gasteiger partial charge in [-0.3, -0.25) is 0 Å². The van der Waals surface area contributed by atoms with Gasteiger partial charge in [0, 0.05) is 7.26 Å². The molecule has 0 unspecified atom stereocenters. The van der Waals surface area contributed by atoms with Crippen LogP contribution in [0, 0.1) is 5.89 Å². The summed E-state index contributed by atoms with van der Waals surface area (Å²) >= 11 is 0. The summed E-state index contributed by atoms with van der Waals surface area (Å²) in [6, 6.07) is 0. The SMILES string of the molecule is [2H]C1(C)COC1. The molecule has 1 rings (SSSR count). The maximum atomic E-state index is 7.14. The molecule has 0 aromatic heterocycles. The van der Waals surface area contributed by atoms with Gasteiger partial charge in [-0.1, -0.05) is 6.92 Å². The van der Waals surface area contributed by atoms with Crippen molar-refractivity contribution in [3.63, 3.8) is 0 Å². The summed E-state index contributed by atoms with van der Waals surface area (Å²) in [7, 11) is 0. The lowest BCUT2D eigenvalue weighted by atomic mass is 10.2. The first-order chi connectivity index (χ1) is 2.71. The second kappa shape index (κ2) is 0.977. The van der Waals surface area contributed by atoms with Crippen molar-refractivity contribution in [1.29, 1.82) is 0 Å². The Morgan fingerprint density at radius 1 is 2.00 bits per heavy atom. The molecule has 1 fully saturated rings. The fraction of sp³-hybridized carbons (Fsp3) is 1.00. The van der Waals surface area contributed by atoms with E-state index in [0.29, 0.717) is 13.2 Å². The molecule has 0 aromatic carbocycles. The standard InChI is InChI=1S/C4H8O/c1-4-2-5-3-4/h4H,2-3H2,1H3/i4D. The van der Waals surface area contributed by atoms with Crippen LogP contribution in [-0.4, -0.2) is 13.2 Å². The Kier molecular flexibility index (Phi) is 0.428. The molecule has 0 amide bonds. The van der Waals surface area contributed by atoms with Crippen molar-refractivity contribution in [3.8, 4) is 0 Å². The molecule has 1 saturated heterocycles. The van der Waals surface area contributed by atoms with Gasteiger partial charge < -0.3 is 4.74 Å². The van der Waals surface area contributed by atoms with Crippen LogP contribution >= 0.6 is 0 Å². The molecule has 1 heterocycles. The Bertz CT molecular complexity index is 54.6. The molecule has 0 radical (unpaired) electrons. The molecule has 0 aliphatic carbocycles. The van der Waals surface area contributed by atoms with Crippen molar-refractivity contribution in [1.82, 2.24) is 0 Å². The largest absolute Gasteiger partial charge is 0.381 e.